The van der Waals surface area contributed by atoms with Crippen LogP contribution in [0.15, 0.2) is 86.8 Å². The van der Waals surface area contributed by atoms with Gasteiger partial charge in [-0.25, -0.2) is 5.43 Å². The van der Waals surface area contributed by atoms with Gasteiger partial charge in [0.2, 0.25) is 0 Å². The van der Waals surface area contributed by atoms with E-state index in [2.05, 4.69) is 49.0 Å². The van der Waals surface area contributed by atoms with E-state index in [1.807, 2.05) is 66.7 Å². The predicted molar refractivity (Wildman–Crippen MR) is 129 cm³/mol. The van der Waals surface area contributed by atoms with Gasteiger partial charge < -0.3 is 9.15 Å². The van der Waals surface area contributed by atoms with E-state index in [1.165, 1.54) is 3.57 Å². The first-order chi connectivity index (χ1) is 14.6. The molecule has 1 heterocycles. The SMILES string of the molecule is O=C(N/N=C/c1cc(Br)ccc1OCc1ccc(I)cc1)c1cc2ccccc2o1. The molecule has 0 bridgehead atoms. The van der Waals surface area contributed by atoms with Crippen molar-refractivity contribution >= 4 is 61.6 Å². The molecular formula is C23H16BrIN2O3. The van der Waals surface area contributed by atoms with E-state index in [1.54, 1.807) is 12.3 Å². The number of halogens is 2. The summed E-state index contributed by atoms with van der Waals surface area (Å²) in [7, 11) is 0. The number of nitrogens with one attached hydrogen (secondary N) is 1. The highest BCUT2D eigenvalue weighted by Crippen LogP contribution is 2.23. The van der Waals surface area contributed by atoms with Crippen LogP contribution in [-0.2, 0) is 6.61 Å². The van der Waals surface area contributed by atoms with E-state index in [-0.39, 0.29) is 5.76 Å². The van der Waals surface area contributed by atoms with Crippen LogP contribution >= 0.6 is 38.5 Å². The molecule has 0 radical (unpaired) electrons. The highest BCUT2D eigenvalue weighted by Gasteiger charge is 2.11. The Morgan fingerprint density at radius 3 is 2.70 bits per heavy atom. The number of rotatable bonds is 6. The van der Waals surface area contributed by atoms with Crippen LogP contribution in [0.4, 0.5) is 0 Å². The van der Waals surface area contributed by atoms with Crippen molar-refractivity contribution in [1.29, 1.82) is 0 Å². The lowest BCUT2D eigenvalue weighted by Crippen LogP contribution is -2.16. The number of fused-ring (bicyclic) bond motifs is 1. The molecule has 150 valence electrons. The van der Waals surface area contributed by atoms with Crippen LogP contribution in [0, 0.1) is 3.57 Å². The van der Waals surface area contributed by atoms with E-state index < -0.39 is 5.91 Å². The van der Waals surface area contributed by atoms with Crippen LogP contribution in [-0.4, -0.2) is 12.1 Å². The minimum absolute atomic E-state index is 0.206. The monoisotopic (exact) mass is 574 g/mol. The Kier molecular flexibility index (Phi) is 6.49. The van der Waals surface area contributed by atoms with Crippen LogP contribution < -0.4 is 10.2 Å². The standard InChI is InChI=1S/C23H16BrIN2O3/c24-18-7-10-20(29-14-15-5-8-19(25)9-6-15)17(11-18)13-26-27-23(28)22-12-16-3-1-2-4-21(16)30-22/h1-13H,14H2,(H,27,28)/b26-13+. The molecule has 5 nitrogen and oxygen atoms in total. The Bertz CT molecular complexity index is 1190. The van der Waals surface area contributed by atoms with Crippen molar-refractivity contribution in [3.63, 3.8) is 0 Å². The molecule has 0 saturated carbocycles. The average Bonchev–Trinajstić information content (AvgIpc) is 3.19. The molecule has 30 heavy (non-hydrogen) atoms. The first-order valence-corrected chi connectivity index (χ1v) is 10.9. The zero-order valence-electron chi connectivity index (χ0n) is 15.6. The van der Waals surface area contributed by atoms with Gasteiger partial charge in [-0.15, -0.1) is 0 Å². The number of carbonyl (C=O) groups is 1. The molecule has 0 spiro atoms. The molecule has 0 atom stereocenters. The molecule has 0 aliphatic rings. The van der Waals surface area contributed by atoms with Gasteiger partial charge in [0.25, 0.3) is 0 Å². The van der Waals surface area contributed by atoms with Crippen LogP contribution in [0.5, 0.6) is 5.75 Å². The average molecular weight is 575 g/mol. The Morgan fingerprint density at radius 2 is 1.90 bits per heavy atom. The summed E-state index contributed by atoms with van der Waals surface area (Å²) < 4.78 is 13.6. The van der Waals surface area contributed by atoms with Crippen LogP contribution in [0.25, 0.3) is 11.0 Å². The maximum atomic E-state index is 12.3. The number of hydrazone groups is 1. The summed E-state index contributed by atoms with van der Waals surface area (Å²) >= 11 is 5.73. The Hall–Kier alpha value is -2.65. The van der Waals surface area contributed by atoms with E-state index >= 15 is 0 Å². The third-order valence-electron chi connectivity index (χ3n) is 4.30. The summed E-state index contributed by atoms with van der Waals surface area (Å²) in [6, 6.07) is 22.9. The van der Waals surface area contributed by atoms with Crippen molar-refractivity contribution in [2.24, 2.45) is 5.10 Å². The molecule has 0 unspecified atom stereocenters. The number of hydrogen-bond acceptors (Lipinski definition) is 4. The Balaban J connectivity index is 1.45. The minimum atomic E-state index is -0.418. The topological polar surface area (TPSA) is 63.8 Å². The summed E-state index contributed by atoms with van der Waals surface area (Å²) in [5.41, 5.74) is 4.96. The summed E-state index contributed by atoms with van der Waals surface area (Å²) in [4.78, 5) is 12.3. The second-order valence-corrected chi connectivity index (χ2v) is 8.61. The van der Waals surface area contributed by atoms with Gasteiger partial charge in [0.05, 0.1) is 6.21 Å². The molecule has 1 N–H and O–H groups in total. The van der Waals surface area contributed by atoms with Crippen molar-refractivity contribution in [2.75, 3.05) is 0 Å². The number of amides is 1. The molecule has 1 aromatic heterocycles. The summed E-state index contributed by atoms with van der Waals surface area (Å²) in [5, 5.41) is 4.94. The first kappa shape index (κ1) is 20.6. The normalized spacial score (nSPS) is 11.1. The largest absolute Gasteiger partial charge is 0.488 e. The quantitative estimate of drug-likeness (QED) is 0.171. The first-order valence-electron chi connectivity index (χ1n) is 9.07. The van der Waals surface area contributed by atoms with E-state index in [4.69, 9.17) is 9.15 Å². The van der Waals surface area contributed by atoms with Crippen molar-refractivity contribution in [3.05, 3.63) is 97.7 Å². The van der Waals surface area contributed by atoms with Crippen LogP contribution in [0.1, 0.15) is 21.7 Å². The lowest BCUT2D eigenvalue weighted by molar-refractivity contribution is 0.0929. The molecule has 0 aliphatic carbocycles. The fourth-order valence-electron chi connectivity index (χ4n) is 2.80. The molecule has 0 aliphatic heterocycles. The predicted octanol–water partition coefficient (Wildman–Crippen LogP) is 6.14. The van der Waals surface area contributed by atoms with Gasteiger partial charge in [-0.05, 0) is 70.6 Å². The molecule has 4 rings (SSSR count). The third-order valence-corrected chi connectivity index (χ3v) is 5.51. The fraction of sp³-hybridized carbons (Fsp3) is 0.0435. The number of para-hydroxylation sites is 1. The zero-order valence-corrected chi connectivity index (χ0v) is 19.4. The summed E-state index contributed by atoms with van der Waals surface area (Å²) in [6.07, 6.45) is 1.55. The number of hydrogen-bond donors (Lipinski definition) is 1. The summed E-state index contributed by atoms with van der Waals surface area (Å²) in [5.74, 6) is 0.454. The van der Waals surface area contributed by atoms with Gasteiger partial charge in [-0.1, -0.05) is 46.3 Å². The molecule has 3 aromatic carbocycles. The molecule has 1 amide bonds. The molecule has 4 aromatic rings. The number of carbonyl (C=O) groups excluding carboxylic acids is 1. The van der Waals surface area contributed by atoms with E-state index in [9.17, 15) is 4.79 Å². The van der Waals surface area contributed by atoms with Crippen molar-refractivity contribution < 1.29 is 13.9 Å². The lowest BCUT2D eigenvalue weighted by Gasteiger charge is -2.10. The summed E-state index contributed by atoms with van der Waals surface area (Å²) in [6.45, 7) is 0.435. The van der Waals surface area contributed by atoms with Gasteiger partial charge in [0.1, 0.15) is 17.9 Å². The second-order valence-electron chi connectivity index (χ2n) is 6.44. The van der Waals surface area contributed by atoms with Gasteiger partial charge >= 0.3 is 5.91 Å². The number of benzene rings is 3. The molecular weight excluding hydrogens is 559 g/mol. The zero-order chi connectivity index (χ0) is 20.9. The lowest BCUT2D eigenvalue weighted by atomic mass is 10.2. The van der Waals surface area contributed by atoms with Crippen molar-refractivity contribution in [1.82, 2.24) is 5.43 Å². The molecule has 7 heteroatoms. The van der Waals surface area contributed by atoms with Gasteiger partial charge in [0, 0.05) is 19.0 Å². The second kappa shape index (κ2) is 9.44. The fourth-order valence-corrected chi connectivity index (χ4v) is 3.54. The van der Waals surface area contributed by atoms with Crippen LogP contribution in [0.3, 0.4) is 0 Å². The smallest absolute Gasteiger partial charge is 0.307 e. The van der Waals surface area contributed by atoms with Crippen molar-refractivity contribution in [3.8, 4) is 5.75 Å². The minimum Gasteiger partial charge on any atom is -0.488 e. The maximum Gasteiger partial charge on any atom is 0.307 e. The number of furan rings is 1. The highest BCUT2D eigenvalue weighted by atomic mass is 127. The van der Waals surface area contributed by atoms with Gasteiger partial charge in [-0.3, -0.25) is 4.79 Å². The van der Waals surface area contributed by atoms with Crippen LogP contribution in [0.2, 0.25) is 0 Å². The van der Waals surface area contributed by atoms with Gasteiger partial charge in [0.15, 0.2) is 5.76 Å². The van der Waals surface area contributed by atoms with Crippen molar-refractivity contribution in [2.45, 2.75) is 6.61 Å². The maximum absolute atomic E-state index is 12.3. The van der Waals surface area contributed by atoms with E-state index in [0.29, 0.717) is 17.9 Å². The van der Waals surface area contributed by atoms with E-state index in [0.717, 1.165) is 21.0 Å². The number of ether oxygens (including phenoxy) is 1. The molecule has 0 fully saturated rings. The highest BCUT2D eigenvalue weighted by molar-refractivity contribution is 14.1. The Labute approximate surface area is 195 Å². The molecule has 0 saturated heterocycles. The number of nitrogens with zero attached hydrogens (tertiary/aromatic N) is 1. The van der Waals surface area contributed by atoms with Gasteiger partial charge in [-0.2, -0.15) is 5.10 Å². The Morgan fingerprint density at radius 1 is 1.10 bits per heavy atom. The third kappa shape index (κ3) is 5.09.